The van der Waals surface area contributed by atoms with Crippen molar-refractivity contribution in [1.29, 1.82) is 0 Å². The third-order valence-electron chi connectivity index (χ3n) is 3.34. The second-order valence-corrected chi connectivity index (χ2v) is 4.59. The largest absolute Gasteiger partial charge is 0.478 e. The molecule has 0 saturated heterocycles. The average molecular weight is 289 g/mol. The van der Waals surface area contributed by atoms with Gasteiger partial charge < -0.3 is 14.6 Å². The second kappa shape index (κ2) is 4.85. The van der Waals surface area contributed by atoms with E-state index in [1.165, 1.54) is 0 Å². The molecule has 3 rings (SSSR count). The standard InChI is InChI=1S/C12H11N5O4/c18-12(19)9-5-8(17(20)21)6-14-11(9)16-4-3-15-2-1-13-10(15)7-16/h1-2,5-6H,3-4,7H2,(H,18,19). The molecule has 1 aliphatic rings. The lowest BCUT2D eigenvalue weighted by molar-refractivity contribution is -0.385. The predicted molar refractivity (Wildman–Crippen MR) is 71.1 cm³/mol. The first-order chi connectivity index (χ1) is 10.1. The van der Waals surface area contributed by atoms with Crippen LogP contribution in [0.4, 0.5) is 11.5 Å². The van der Waals surface area contributed by atoms with Crippen LogP contribution >= 0.6 is 0 Å². The molecule has 21 heavy (non-hydrogen) atoms. The van der Waals surface area contributed by atoms with Crippen LogP contribution in [0.25, 0.3) is 0 Å². The van der Waals surface area contributed by atoms with Gasteiger partial charge in [-0.15, -0.1) is 0 Å². The fraction of sp³-hybridized carbons (Fsp3) is 0.250. The maximum atomic E-state index is 11.3. The highest BCUT2D eigenvalue weighted by atomic mass is 16.6. The van der Waals surface area contributed by atoms with Gasteiger partial charge >= 0.3 is 5.97 Å². The third-order valence-corrected chi connectivity index (χ3v) is 3.34. The summed E-state index contributed by atoms with van der Waals surface area (Å²) in [5.74, 6) is -0.213. The Balaban J connectivity index is 1.99. The van der Waals surface area contributed by atoms with Crippen LogP contribution in [0, 0.1) is 10.1 Å². The summed E-state index contributed by atoms with van der Waals surface area (Å²) in [5, 5.41) is 20.0. The molecule has 0 bridgehead atoms. The van der Waals surface area contributed by atoms with E-state index in [4.69, 9.17) is 0 Å². The number of pyridine rings is 1. The van der Waals surface area contributed by atoms with Crippen molar-refractivity contribution >= 4 is 17.5 Å². The molecule has 0 unspecified atom stereocenters. The highest BCUT2D eigenvalue weighted by molar-refractivity contribution is 5.94. The topological polar surface area (TPSA) is 114 Å². The number of aromatic nitrogens is 3. The molecule has 0 saturated carbocycles. The van der Waals surface area contributed by atoms with E-state index < -0.39 is 10.9 Å². The molecule has 0 spiro atoms. The van der Waals surface area contributed by atoms with E-state index in [-0.39, 0.29) is 17.1 Å². The molecule has 1 aliphatic heterocycles. The van der Waals surface area contributed by atoms with Gasteiger partial charge in [-0.2, -0.15) is 0 Å². The normalized spacial score (nSPS) is 13.8. The Morgan fingerprint density at radius 3 is 2.90 bits per heavy atom. The van der Waals surface area contributed by atoms with Gasteiger partial charge in [0.25, 0.3) is 5.69 Å². The number of nitrogens with zero attached hydrogens (tertiary/aromatic N) is 5. The number of aromatic carboxylic acids is 1. The van der Waals surface area contributed by atoms with Gasteiger partial charge in [-0.1, -0.05) is 0 Å². The number of nitro groups is 1. The molecule has 1 N–H and O–H groups in total. The molecule has 0 radical (unpaired) electrons. The first kappa shape index (κ1) is 13.0. The summed E-state index contributed by atoms with van der Waals surface area (Å²) in [6.07, 6.45) is 4.61. The number of carboxylic acids is 1. The number of carbonyl (C=O) groups is 1. The molecule has 0 amide bonds. The van der Waals surface area contributed by atoms with Crippen LogP contribution in [0.15, 0.2) is 24.7 Å². The summed E-state index contributed by atoms with van der Waals surface area (Å²) in [6.45, 7) is 1.64. The summed E-state index contributed by atoms with van der Waals surface area (Å²) < 4.78 is 1.97. The number of fused-ring (bicyclic) bond motifs is 1. The number of rotatable bonds is 3. The van der Waals surface area contributed by atoms with Crippen LogP contribution in [0.1, 0.15) is 16.2 Å². The molecule has 9 nitrogen and oxygen atoms in total. The lowest BCUT2D eigenvalue weighted by Crippen LogP contribution is -2.35. The molecular weight excluding hydrogens is 278 g/mol. The fourth-order valence-electron chi connectivity index (χ4n) is 2.31. The first-order valence-electron chi connectivity index (χ1n) is 6.19. The summed E-state index contributed by atoms with van der Waals surface area (Å²) in [4.78, 5) is 31.3. The van der Waals surface area contributed by atoms with Crippen molar-refractivity contribution in [3.8, 4) is 0 Å². The zero-order valence-electron chi connectivity index (χ0n) is 10.8. The Kier molecular flexibility index (Phi) is 3.01. The van der Waals surface area contributed by atoms with Gasteiger partial charge in [-0.05, 0) is 0 Å². The number of imidazole rings is 1. The van der Waals surface area contributed by atoms with E-state index >= 15 is 0 Å². The van der Waals surface area contributed by atoms with E-state index in [1.807, 2.05) is 10.8 Å². The highest BCUT2D eigenvalue weighted by Gasteiger charge is 2.25. The minimum Gasteiger partial charge on any atom is -0.478 e. The zero-order chi connectivity index (χ0) is 15.0. The molecule has 0 aliphatic carbocycles. The van der Waals surface area contributed by atoms with Crippen LogP contribution in [0.3, 0.4) is 0 Å². The Hall–Kier alpha value is -2.97. The maximum Gasteiger partial charge on any atom is 0.339 e. The molecule has 0 atom stereocenters. The van der Waals surface area contributed by atoms with Crippen molar-refractivity contribution in [2.75, 3.05) is 11.4 Å². The molecular formula is C12H11N5O4. The Labute approximate surface area is 118 Å². The van der Waals surface area contributed by atoms with Crippen LogP contribution in [0.5, 0.6) is 0 Å². The number of hydrogen-bond donors (Lipinski definition) is 1. The van der Waals surface area contributed by atoms with E-state index in [1.54, 1.807) is 11.1 Å². The molecule has 2 aromatic rings. The average Bonchev–Trinajstić information content (AvgIpc) is 2.93. The van der Waals surface area contributed by atoms with Gasteiger partial charge in [-0.25, -0.2) is 14.8 Å². The van der Waals surface area contributed by atoms with Crippen LogP contribution in [-0.2, 0) is 13.1 Å². The van der Waals surface area contributed by atoms with Crippen molar-refractivity contribution in [2.24, 2.45) is 0 Å². The highest BCUT2D eigenvalue weighted by Crippen LogP contribution is 2.25. The summed E-state index contributed by atoms with van der Waals surface area (Å²) in [5.41, 5.74) is -0.515. The monoisotopic (exact) mass is 289 g/mol. The van der Waals surface area contributed by atoms with E-state index in [2.05, 4.69) is 9.97 Å². The minimum atomic E-state index is -1.24. The lowest BCUT2D eigenvalue weighted by Gasteiger charge is -2.29. The van der Waals surface area contributed by atoms with E-state index in [9.17, 15) is 20.0 Å². The van der Waals surface area contributed by atoms with Crippen molar-refractivity contribution < 1.29 is 14.8 Å². The molecule has 0 fully saturated rings. The maximum absolute atomic E-state index is 11.3. The Morgan fingerprint density at radius 1 is 1.38 bits per heavy atom. The molecule has 9 heteroatoms. The van der Waals surface area contributed by atoms with Crippen LogP contribution in [0.2, 0.25) is 0 Å². The van der Waals surface area contributed by atoms with Gasteiger partial charge in [0, 0.05) is 31.5 Å². The quantitative estimate of drug-likeness (QED) is 0.659. The van der Waals surface area contributed by atoms with Crippen molar-refractivity contribution in [3.63, 3.8) is 0 Å². The Morgan fingerprint density at radius 2 is 2.19 bits per heavy atom. The Bertz CT molecular complexity index is 726. The zero-order valence-corrected chi connectivity index (χ0v) is 10.8. The van der Waals surface area contributed by atoms with Crippen LogP contribution < -0.4 is 4.90 Å². The van der Waals surface area contributed by atoms with Gasteiger partial charge in [0.1, 0.15) is 23.4 Å². The molecule has 108 valence electrons. The van der Waals surface area contributed by atoms with Crippen LogP contribution in [-0.4, -0.2) is 37.1 Å². The smallest absolute Gasteiger partial charge is 0.339 e. The summed E-state index contributed by atoms with van der Waals surface area (Å²) in [6, 6.07) is 1.03. The second-order valence-electron chi connectivity index (χ2n) is 4.59. The summed E-state index contributed by atoms with van der Waals surface area (Å²) in [7, 11) is 0. The third kappa shape index (κ3) is 2.29. The van der Waals surface area contributed by atoms with Crippen molar-refractivity contribution in [2.45, 2.75) is 13.1 Å². The summed E-state index contributed by atoms with van der Waals surface area (Å²) >= 11 is 0. The number of hydrogen-bond acceptors (Lipinski definition) is 6. The lowest BCUT2D eigenvalue weighted by atomic mass is 10.2. The predicted octanol–water partition coefficient (Wildman–Crippen LogP) is 0.905. The molecule has 3 heterocycles. The van der Waals surface area contributed by atoms with Gasteiger partial charge in [0.15, 0.2) is 0 Å². The number of carboxylic acid groups (broad SMARTS) is 1. The van der Waals surface area contributed by atoms with E-state index in [0.29, 0.717) is 19.6 Å². The molecule has 2 aromatic heterocycles. The fourth-order valence-corrected chi connectivity index (χ4v) is 2.31. The van der Waals surface area contributed by atoms with Gasteiger partial charge in [0.2, 0.25) is 0 Å². The van der Waals surface area contributed by atoms with E-state index in [0.717, 1.165) is 18.1 Å². The minimum absolute atomic E-state index is 0.177. The SMILES string of the molecule is O=C(O)c1cc([N+](=O)[O-])cnc1N1CCn2ccnc2C1. The first-order valence-corrected chi connectivity index (χ1v) is 6.19. The van der Waals surface area contributed by atoms with Gasteiger partial charge in [-0.3, -0.25) is 10.1 Å². The van der Waals surface area contributed by atoms with Gasteiger partial charge in [0.05, 0.1) is 11.5 Å². The number of anilines is 1. The molecule has 0 aromatic carbocycles. The van der Waals surface area contributed by atoms with Crippen molar-refractivity contribution in [1.82, 2.24) is 14.5 Å². The van der Waals surface area contributed by atoms with Crippen molar-refractivity contribution in [3.05, 3.63) is 46.2 Å².